The number of anilines is 1. The second-order valence-corrected chi connectivity index (χ2v) is 8.91. The van der Waals surface area contributed by atoms with Gasteiger partial charge in [0.2, 0.25) is 11.6 Å². The molecule has 9 nitrogen and oxygen atoms in total. The molecule has 0 saturated carbocycles. The van der Waals surface area contributed by atoms with Crippen LogP contribution in [0.25, 0.3) is 0 Å². The van der Waals surface area contributed by atoms with E-state index in [1.165, 1.54) is 18.2 Å². The van der Waals surface area contributed by atoms with Gasteiger partial charge in [-0.15, -0.1) is 4.59 Å². The normalized spacial score (nSPS) is 22.4. The number of nitrogens with zero attached hydrogens (tertiary/aromatic N) is 5. The fourth-order valence-electron chi connectivity index (χ4n) is 4.72. The molecule has 3 aliphatic rings. The van der Waals surface area contributed by atoms with E-state index in [1.807, 2.05) is 0 Å². The van der Waals surface area contributed by atoms with Crippen molar-refractivity contribution in [2.75, 3.05) is 11.9 Å². The second kappa shape index (κ2) is 9.47. The van der Waals surface area contributed by atoms with Crippen LogP contribution in [-0.2, 0) is 11.0 Å². The van der Waals surface area contributed by atoms with Crippen molar-refractivity contribution in [3.8, 4) is 0 Å². The zero-order valence-corrected chi connectivity index (χ0v) is 20.0. The fourth-order valence-corrected chi connectivity index (χ4v) is 4.72. The molecule has 1 aromatic carbocycles. The Morgan fingerprint density at radius 1 is 1.21 bits per heavy atom. The number of alkyl halides is 3. The number of carbonyl (C=O) groups is 2. The van der Waals surface area contributed by atoms with E-state index in [0.29, 0.717) is 29.3 Å². The van der Waals surface area contributed by atoms with Gasteiger partial charge in [0, 0.05) is 18.3 Å². The molecule has 1 aromatic heterocycles. The van der Waals surface area contributed by atoms with Gasteiger partial charge in [-0.05, 0) is 55.3 Å². The first kappa shape index (κ1) is 25.2. The van der Waals surface area contributed by atoms with Crippen LogP contribution in [0.2, 0.25) is 0 Å². The quantitative estimate of drug-likeness (QED) is 0.354. The van der Waals surface area contributed by atoms with Crippen LogP contribution in [0.1, 0.15) is 34.3 Å². The average Bonchev–Trinajstić information content (AvgIpc) is 3.50. The molecule has 4 heterocycles. The maximum absolute atomic E-state index is 13.0. The molecule has 12 heteroatoms. The molecule has 2 amide bonds. The Labute approximate surface area is 215 Å². The average molecular weight is 523 g/mol. The van der Waals surface area contributed by atoms with E-state index in [4.69, 9.17) is 10.8 Å². The first-order valence-corrected chi connectivity index (χ1v) is 11.7. The third kappa shape index (κ3) is 4.44. The summed E-state index contributed by atoms with van der Waals surface area (Å²) in [6.45, 7) is 4.17. The molecule has 2 unspecified atom stereocenters. The SMILES string of the molecule is C=CC(=O)N1CCCC1C1=C2C=NC=C[N+]2(N)C(c2ccc(C(=O)Nc3cc(C(F)(F)F)ccn3)cc2)=N1. The zero-order chi connectivity index (χ0) is 27.1. The minimum Gasteiger partial charge on any atom is -0.330 e. The lowest BCUT2D eigenvalue weighted by Crippen LogP contribution is -2.53. The summed E-state index contributed by atoms with van der Waals surface area (Å²) >= 11 is 0. The standard InChI is InChI=1S/C26H22F3N7O2/c1-2-22(37)35-12-3-4-19(35)23-20-15-31-11-13-36(20,30)24(34-23)16-5-7-17(8-6-16)25(38)33-21-14-18(9-10-32-21)26(27,28)29/h2,5-11,13-15,19H,1,3-4,12,30H2/p+1. The summed E-state index contributed by atoms with van der Waals surface area (Å²) in [5, 5.41) is 2.39. The van der Waals surface area contributed by atoms with Crippen LogP contribution in [0.5, 0.6) is 0 Å². The molecule has 3 N–H and O–H groups in total. The van der Waals surface area contributed by atoms with Crippen molar-refractivity contribution in [1.82, 2.24) is 9.88 Å². The van der Waals surface area contributed by atoms with Crippen LogP contribution >= 0.6 is 0 Å². The monoisotopic (exact) mass is 522 g/mol. The topological polar surface area (TPSA) is 113 Å². The molecule has 0 aliphatic carbocycles. The maximum atomic E-state index is 13.0. The van der Waals surface area contributed by atoms with Crippen LogP contribution in [0.3, 0.4) is 0 Å². The molecular formula is C26H23F3N7O2+. The second-order valence-electron chi connectivity index (χ2n) is 8.91. The number of fused-ring (bicyclic) bond motifs is 1. The number of nitrogens with two attached hydrogens (primary N) is 1. The Balaban J connectivity index is 1.41. The summed E-state index contributed by atoms with van der Waals surface area (Å²) < 4.78 is 38.7. The van der Waals surface area contributed by atoms with Crippen molar-refractivity contribution in [2.45, 2.75) is 25.1 Å². The minimum atomic E-state index is -4.55. The lowest BCUT2D eigenvalue weighted by molar-refractivity contribution is -0.750. The van der Waals surface area contributed by atoms with Crippen LogP contribution in [0.4, 0.5) is 19.0 Å². The number of likely N-dealkylation sites (tertiary alicyclic amines) is 1. The van der Waals surface area contributed by atoms with Gasteiger partial charge in [0.1, 0.15) is 17.7 Å². The molecular weight excluding hydrogens is 499 g/mol. The van der Waals surface area contributed by atoms with Crippen molar-refractivity contribution in [1.29, 1.82) is 0 Å². The molecule has 1 saturated heterocycles. The maximum Gasteiger partial charge on any atom is 0.416 e. The number of pyridine rings is 1. The van der Waals surface area contributed by atoms with Crippen molar-refractivity contribution in [3.63, 3.8) is 0 Å². The third-order valence-electron chi connectivity index (χ3n) is 6.58. The van der Waals surface area contributed by atoms with Gasteiger partial charge in [0.15, 0.2) is 0 Å². The molecule has 2 aromatic rings. The predicted octanol–water partition coefficient (Wildman–Crippen LogP) is 3.75. The number of nitrogens with one attached hydrogen (secondary N) is 1. The number of halogens is 3. The third-order valence-corrected chi connectivity index (χ3v) is 6.58. The van der Waals surface area contributed by atoms with E-state index < -0.39 is 17.6 Å². The molecule has 194 valence electrons. The molecule has 3 aliphatic heterocycles. The Bertz CT molecular complexity index is 1440. The minimum absolute atomic E-state index is 0.187. The predicted molar refractivity (Wildman–Crippen MR) is 134 cm³/mol. The van der Waals surface area contributed by atoms with Gasteiger partial charge in [-0.25, -0.2) is 4.98 Å². The smallest absolute Gasteiger partial charge is 0.330 e. The number of allylic oxidation sites excluding steroid dienone is 1. The molecule has 0 radical (unpaired) electrons. The summed E-state index contributed by atoms with van der Waals surface area (Å²) in [7, 11) is 0. The summed E-state index contributed by atoms with van der Waals surface area (Å²) in [5.41, 5.74) is 1.18. The molecule has 0 spiro atoms. The van der Waals surface area contributed by atoms with Crippen molar-refractivity contribution in [2.24, 2.45) is 15.8 Å². The van der Waals surface area contributed by atoms with E-state index in [2.05, 4.69) is 21.9 Å². The van der Waals surface area contributed by atoms with Gasteiger partial charge >= 0.3 is 6.18 Å². The van der Waals surface area contributed by atoms with E-state index in [1.54, 1.807) is 35.6 Å². The lowest BCUT2D eigenvalue weighted by Gasteiger charge is -2.27. The largest absolute Gasteiger partial charge is 0.416 e. The molecule has 38 heavy (non-hydrogen) atoms. The fraction of sp³-hybridized carbons (Fsp3) is 0.192. The molecule has 0 bridgehead atoms. The highest BCUT2D eigenvalue weighted by atomic mass is 19.4. The molecule has 2 atom stereocenters. The highest BCUT2D eigenvalue weighted by Gasteiger charge is 2.48. The first-order chi connectivity index (χ1) is 18.1. The van der Waals surface area contributed by atoms with Crippen LogP contribution < -0.4 is 11.2 Å². The number of hydrogen-bond donors (Lipinski definition) is 2. The number of carbonyl (C=O) groups excluding carboxylic acids is 2. The zero-order valence-electron chi connectivity index (χ0n) is 20.0. The van der Waals surface area contributed by atoms with Gasteiger partial charge in [-0.1, -0.05) is 6.58 Å². The van der Waals surface area contributed by atoms with Crippen LogP contribution in [0.15, 0.2) is 89.0 Å². The van der Waals surface area contributed by atoms with Gasteiger partial charge < -0.3 is 10.2 Å². The van der Waals surface area contributed by atoms with Crippen LogP contribution in [-0.4, -0.2) is 50.9 Å². The number of quaternary nitrogens is 1. The summed E-state index contributed by atoms with van der Waals surface area (Å²) in [6.07, 6.45) is 4.11. The van der Waals surface area contributed by atoms with E-state index in [0.717, 1.165) is 31.2 Å². The number of aromatic nitrogens is 1. The van der Waals surface area contributed by atoms with Gasteiger partial charge in [-0.2, -0.15) is 24.0 Å². The summed E-state index contributed by atoms with van der Waals surface area (Å²) in [4.78, 5) is 39.7. The Kier molecular flexibility index (Phi) is 6.29. The summed E-state index contributed by atoms with van der Waals surface area (Å²) in [5.74, 6) is 6.22. The van der Waals surface area contributed by atoms with Crippen molar-refractivity contribution >= 4 is 29.7 Å². The van der Waals surface area contributed by atoms with Crippen LogP contribution in [0, 0.1) is 0 Å². The highest BCUT2D eigenvalue weighted by molar-refractivity contribution is 6.05. The molecule has 5 rings (SSSR count). The number of aliphatic imine (C=N–C) groups is 2. The van der Waals surface area contributed by atoms with E-state index in [-0.39, 0.29) is 27.9 Å². The summed E-state index contributed by atoms with van der Waals surface area (Å²) in [6, 6.07) is 7.67. The van der Waals surface area contributed by atoms with Crippen molar-refractivity contribution < 1.29 is 27.4 Å². The van der Waals surface area contributed by atoms with Gasteiger partial charge in [0.25, 0.3) is 11.7 Å². The highest BCUT2D eigenvalue weighted by Crippen LogP contribution is 2.37. The first-order valence-electron chi connectivity index (χ1n) is 11.7. The van der Waals surface area contributed by atoms with E-state index >= 15 is 0 Å². The van der Waals surface area contributed by atoms with E-state index in [9.17, 15) is 22.8 Å². The van der Waals surface area contributed by atoms with Gasteiger partial charge in [0.05, 0.1) is 29.6 Å². The number of amides is 2. The van der Waals surface area contributed by atoms with Crippen molar-refractivity contribution in [3.05, 3.63) is 95.7 Å². The molecule has 1 fully saturated rings. The lowest BCUT2D eigenvalue weighted by atomic mass is 10.1. The number of benzene rings is 1. The Morgan fingerprint density at radius 2 is 1.97 bits per heavy atom. The number of hydrogen-bond acceptors (Lipinski definition) is 6. The number of amidine groups is 1. The van der Waals surface area contributed by atoms with Gasteiger partial charge in [-0.3, -0.25) is 14.6 Å². The number of rotatable bonds is 5. The Hall–Kier alpha value is -4.42. The Morgan fingerprint density at radius 3 is 2.68 bits per heavy atom.